The molecule has 9 rings (SSSR count). The van der Waals surface area contributed by atoms with Gasteiger partial charge < -0.3 is 67.9 Å². The van der Waals surface area contributed by atoms with Crippen LogP contribution >= 0.6 is 46.4 Å². The highest BCUT2D eigenvalue weighted by Crippen LogP contribution is 2.37. The Hall–Kier alpha value is -7.13. The molecule has 24 nitrogen and oxygen atoms in total. The number of nitrogens with two attached hydrogens (primary N) is 1. The maximum Gasteiger partial charge on any atom is 0.292 e. The van der Waals surface area contributed by atoms with E-state index in [2.05, 4.69) is 40.4 Å². The van der Waals surface area contributed by atoms with E-state index in [1.807, 2.05) is 17.4 Å². The number of rotatable bonds is 21. The Morgan fingerprint density at radius 3 is 1.35 bits per heavy atom. The Morgan fingerprint density at radius 2 is 0.887 bits per heavy atom. The first-order valence-electron chi connectivity index (χ1n) is 24.0. The van der Waals surface area contributed by atoms with Crippen molar-refractivity contribution in [2.24, 2.45) is 5.73 Å². The van der Waals surface area contributed by atoms with Gasteiger partial charge in [0.2, 0.25) is 5.78 Å². The molecule has 428 valence electrons. The standard InChI is InChI=1S/C14H15ClN4O3.C13H16ClN3O3.C13H15NO5.C12H12Cl2N2O3/c1-8-17-18-14-13(15)16-9-6-11(21-3)12(22-5-4-20-2)7-10(9)19(8)14;1-18-3-4-20-12-6-8-9(5-11(12)19-2)17-13(14)10(7-15)16-8;1-17-3-4-19-12-6-8-5-10(15)13(16)14-9(8)7-11(12)18-2;1-17-3-4-19-10-6-8-7(5-9(10)18-2)15-11(13)12(14)16-8/h6-7H,4-5H2,1-3H3;5-6H,3-4,7,15H2,1-2H3;6-7H,3-5H2,1-2H3,(H,14,16);5-6H,3-4H2,1-2H3. The van der Waals surface area contributed by atoms with Gasteiger partial charge in [0.25, 0.3) is 5.91 Å². The van der Waals surface area contributed by atoms with Crippen molar-refractivity contribution in [1.29, 1.82) is 0 Å². The minimum absolute atomic E-state index is 0.0752. The molecule has 5 heterocycles. The summed E-state index contributed by atoms with van der Waals surface area (Å²) < 4.78 is 65.1. The van der Waals surface area contributed by atoms with E-state index in [0.717, 1.165) is 16.9 Å². The van der Waals surface area contributed by atoms with Gasteiger partial charge in [-0.25, -0.2) is 24.9 Å². The number of amides is 1. The van der Waals surface area contributed by atoms with Crippen LogP contribution in [0, 0.1) is 6.92 Å². The first kappa shape index (κ1) is 62.1. The number of fused-ring (bicyclic) bond motifs is 6. The number of hydrogen-bond acceptors (Lipinski definition) is 22. The second kappa shape index (κ2) is 30.5. The minimum Gasteiger partial charge on any atom is -0.493 e. The van der Waals surface area contributed by atoms with Crippen molar-refractivity contribution in [3.63, 3.8) is 0 Å². The number of aromatic nitrogens is 8. The van der Waals surface area contributed by atoms with Crippen LogP contribution in [0.5, 0.6) is 46.0 Å². The zero-order valence-corrected chi connectivity index (χ0v) is 48.1. The van der Waals surface area contributed by atoms with Gasteiger partial charge in [0.05, 0.1) is 93.7 Å². The normalized spacial score (nSPS) is 11.6. The van der Waals surface area contributed by atoms with E-state index < -0.39 is 11.7 Å². The van der Waals surface area contributed by atoms with Gasteiger partial charge in [0.1, 0.15) is 32.3 Å². The summed E-state index contributed by atoms with van der Waals surface area (Å²) in [5.41, 5.74) is 11.9. The molecule has 0 unspecified atom stereocenters. The number of Topliss-reactive ketones (excluding diaryl/α,β-unsaturated/α-hetero) is 1. The van der Waals surface area contributed by atoms with Crippen LogP contribution < -0.4 is 48.9 Å². The molecular formula is C52H58Cl4N10O14. The summed E-state index contributed by atoms with van der Waals surface area (Å²) >= 11 is 23.8. The van der Waals surface area contributed by atoms with E-state index in [9.17, 15) is 9.59 Å². The Morgan fingerprint density at radius 1 is 0.487 bits per heavy atom. The number of ether oxygens (including phenoxy) is 12. The number of anilines is 1. The van der Waals surface area contributed by atoms with Gasteiger partial charge in [-0.2, -0.15) is 0 Å². The molecule has 4 aromatic carbocycles. The van der Waals surface area contributed by atoms with Crippen LogP contribution in [-0.4, -0.2) is 161 Å². The van der Waals surface area contributed by atoms with Crippen molar-refractivity contribution < 1.29 is 66.4 Å². The molecule has 0 atom stereocenters. The maximum atomic E-state index is 11.4. The number of carbonyl (C=O) groups is 2. The van der Waals surface area contributed by atoms with Crippen LogP contribution in [0.15, 0.2) is 48.5 Å². The predicted octanol–water partition coefficient (Wildman–Crippen LogP) is 7.80. The van der Waals surface area contributed by atoms with Crippen molar-refractivity contribution >= 4 is 103 Å². The van der Waals surface area contributed by atoms with Gasteiger partial charge in [0.15, 0.2) is 72.3 Å². The Labute approximate surface area is 479 Å². The Bertz CT molecular complexity index is 3430. The zero-order valence-electron chi connectivity index (χ0n) is 45.1. The maximum absolute atomic E-state index is 11.4. The lowest BCUT2D eigenvalue weighted by Crippen LogP contribution is -2.29. The molecule has 8 aromatic rings. The van der Waals surface area contributed by atoms with Crippen LogP contribution in [0.2, 0.25) is 20.6 Å². The van der Waals surface area contributed by atoms with E-state index in [1.165, 1.54) is 7.11 Å². The highest BCUT2D eigenvalue weighted by molar-refractivity contribution is 6.42. The zero-order chi connectivity index (χ0) is 57.9. The molecule has 0 saturated carbocycles. The molecule has 3 N–H and O–H groups in total. The second-order valence-corrected chi connectivity index (χ2v) is 17.8. The fraction of sp³-hybridized carbons (Fsp3) is 0.365. The molecule has 0 aliphatic carbocycles. The summed E-state index contributed by atoms with van der Waals surface area (Å²) in [6.45, 7) is 5.62. The topological polar surface area (TPSA) is 278 Å². The molecular weight excluding hydrogens is 1130 g/mol. The molecule has 1 aliphatic heterocycles. The molecule has 1 aliphatic rings. The van der Waals surface area contributed by atoms with Crippen LogP contribution in [0.1, 0.15) is 17.1 Å². The minimum atomic E-state index is -0.595. The molecule has 28 heteroatoms. The molecule has 0 saturated heterocycles. The van der Waals surface area contributed by atoms with Crippen molar-refractivity contribution in [2.75, 3.05) is 115 Å². The Balaban J connectivity index is 0.000000172. The number of nitrogens with zero attached hydrogens (tertiary/aromatic N) is 8. The molecule has 80 heavy (non-hydrogen) atoms. The quantitative estimate of drug-likeness (QED) is 0.0512. The van der Waals surface area contributed by atoms with Crippen molar-refractivity contribution in [2.45, 2.75) is 19.9 Å². The Kier molecular flexibility index (Phi) is 23.6. The van der Waals surface area contributed by atoms with Gasteiger partial charge >= 0.3 is 0 Å². The van der Waals surface area contributed by atoms with E-state index in [0.29, 0.717) is 154 Å². The van der Waals surface area contributed by atoms with Crippen molar-refractivity contribution in [3.8, 4) is 46.0 Å². The van der Waals surface area contributed by atoms with Gasteiger partial charge in [-0.05, 0) is 18.6 Å². The smallest absolute Gasteiger partial charge is 0.292 e. The highest BCUT2D eigenvalue weighted by atomic mass is 35.5. The lowest BCUT2D eigenvalue weighted by Gasteiger charge is -2.19. The van der Waals surface area contributed by atoms with Crippen LogP contribution in [0.4, 0.5) is 5.69 Å². The van der Waals surface area contributed by atoms with Gasteiger partial charge in [-0.15, -0.1) is 10.2 Å². The molecule has 0 spiro atoms. The van der Waals surface area contributed by atoms with Crippen LogP contribution in [0.25, 0.3) is 38.7 Å². The molecule has 0 fully saturated rings. The van der Waals surface area contributed by atoms with Crippen molar-refractivity contribution in [1.82, 2.24) is 39.5 Å². The SMILES string of the molecule is COCCOc1cc2c(cc1OC)NC(=O)C(=O)C2.COCCOc1cc2c(cc1OC)nc(Cl)c1nnc(C)n12.COCCOc1cc2nc(CN)c(Cl)nc2cc1OC.COCCOc1cc2nc(Cl)c(Cl)nc2cc1OC. The third-order valence-corrected chi connectivity index (χ3v) is 12.4. The number of benzene rings is 4. The number of methoxy groups -OCH3 is 8. The van der Waals surface area contributed by atoms with E-state index in [-0.39, 0.29) is 23.3 Å². The van der Waals surface area contributed by atoms with Gasteiger partial charge in [-0.1, -0.05) is 46.4 Å². The van der Waals surface area contributed by atoms with E-state index in [1.54, 1.807) is 92.2 Å². The average molecular weight is 1190 g/mol. The summed E-state index contributed by atoms with van der Waals surface area (Å²) in [6, 6.07) is 13.9. The van der Waals surface area contributed by atoms with E-state index in [4.69, 9.17) is 109 Å². The number of hydrogen-bond donors (Lipinski definition) is 2. The van der Waals surface area contributed by atoms with Gasteiger partial charge in [-0.3, -0.25) is 14.0 Å². The fourth-order valence-corrected chi connectivity index (χ4v) is 8.01. The first-order valence-corrected chi connectivity index (χ1v) is 25.5. The van der Waals surface area contributed by atoms with Crippen LogP contribution in [-0.2, 0) is 41.5 Å². The lowest BCUT2D eigenvalue weighted by molar-refractivity contribution is -0.134. The summed E-state index contributed by atoms with van der Waals surface area (Å²) in [7, 11) is 12.6. The third-order valence-electron chi connectivity index (χ3n) is 11.2. The molecule has 0 radical (unpaired) electrons. The number of ketones is 1. The second-order valence-electron chi connectivity index (χ2n) is 16.3. The predicted molar refractivity (Wildman–Crippen MR) is 300 cm³/mol. The summed E-state index contributed by atoms with van der Waals surface area (Å²) in [5.74, 6) is 4.14. The molecule has 4 aromatic heterocycles. The highest BCUT2D eigenvalue weighted by Gasteiger charge is 2.25. The van der Waals surface area contributed by atoms with Crippen molar-refractivity contribution in [3.05, 3.63) is 86.2 Å². The molecule has 0 bridgehead atoms. The number of nitrogens with one attached hydrogen (secondary N) is 1. The lowest BCUT2D eigenvalue weighted by atomic mass is 10.0. The first-order chi connectivity index (χ1) is 38.6. The third kappa shape index (κ3) is 15.8. The van der Waals surface area contributed by atoms with E-state index >= 15 is 0 Å². The fourth-order valence-electron chi connectivity index (χ4n) is 7.32. The molecule has 1 amide bonds. The largest absolute Gasteiger partial charge is 0.493 e. The summed E-state index contributed by atoms with van der Waals surface area (Å²) in [5, 5.41) is 11.5. The number of carbonyl (C=O) groups excluding carboxylic acids is 2. The monoisotopic (exact) mass is 1190 g/mol. The summed E-state index contributed by atoms with van der Waals surface area (Å²) in [4.78, 5) is 43.9. The summed E-state index contributed by atoms with van der Waals surface area (Å²) in [6.07, 6.45) is 0.0752. The number of halogens is 4. The number of aryl methyl sites for hydroxylation is 1. The van der Waals surface area contributed by atoms with Gasteiger partial charge in [0, 0.05) is 89.6 Å². The van der Waals surface area contributed by atoms with Crippen LogP contribution in [0.3, 0.4) is 0 Å². The average Bonchev–Trinajstić information content (AvgIpc) is 3.96.